The van der Waals surface area contributed by atoms with Crippen LogP contribution in [0.2, 0.25) is 0 Å². The molecule has 2 aromatic heterocycles. The van der Waals surface area contributed by atoms with E-state index in [9.17, 15) is 0 Å². The zero-order chi connectivity index (χ0) is 13.0. The quantitative estimate of drug-likeness (QED) is 0.824. The van der Waals surface area contributed by atoms with E-state index in [1.807, 2.05) is 32.3 Å². The molecule has 0 aliphatic rings. The van der Waals surface area contributed by atoms with Gasteiger partial charge in [0.2, 0.25) is 0 Å². The van der Waals surface area contributed by atoms with Crippen molar-refractivity contribution in [2.75, 3.05) is 6.61 Å². The second-order valence-corrected chi connectivity index (χ2v) is 4.38. The van der Waals surface area contributed by atoms with Crippen molar-refractivity contribution in [3.05, 3.63) is 36.3 Å². The smallest absolute Gasteiger partial charge is 0.0983 e. The van der Waals surface area contributed by atoms with Gasteiger partial charge in [-0.3, -0.25) is 9.67 Å². The number of nitrogens with one attached hydrogen (secondary N) is 1. The van der Waals surface area contributed by atoms with Crippen LogP contribution in [0, 0.1) is 0 Å². The van der Waals surface area contributed by atoms with Crippen LogP contribution >= 0.6 is 0 Å². The molecule has 0 radical (unpaired) electrons. The van der Waals surface area contributed by atoms with Gasteiger partial charge in [-0.25, -0.2) is 0 Å². The maximum absolute atomic E-state index is 9.01. The van der Waals surface area contributed by atoms with E-state index in [-0.39, 0.29) is 12.6 Å². The normalized spacial score (nSPS) is 12.6. The molecule has 18 heavy (non-hydrogen) atoms. The van der Waals surface area contributed by atoms with Crippen LogP contribution in [-0.4, -0.2) is 32.5 Å². The monoisotopic (exact) mass is 246 g/mol. The molecule has 0 unspecified atom stereocenters. The molecule has 0 spiro atoms. The van der Waals surface area contributed by atoms with Gasteiger partial charge in [0.25, 0.3) is 0 Å². The Morgan fingerprint density at radius 1 is 1.50 bits per heavy atom. The van der Waals surface area contributed by atoms with E-state index in [1.54, 1.807) is 17.1 Å². The van der Waals surface area contributed by atoms with Crippen LogP contribution < -0.4 is 5.32 Å². The minimum atomic E-state index is 0.0759. The lowest BCUT2D eigenvalue weighted by Crippen LogP contribution is -2.28. The Hall–Kier alpha value is -1.72. The average molecular weight is 246 g/mol. The van der Waals surface area contributed by atoms with Crippen LogP contribution in [0.15, 0.2) is 30.7 Å². The zero-order valence-corrected chi connectivity index (χ0v) is 10.7. The third-order valence-electron chi connectivity index (χ3n) is 2.75. The van der Waals surface area contributed by atoms with Crippen molar-refractivity contribution in [1.82, 2.24) is 20.1 Å². The van der Waals surface area contributed by atoms with Crippen molar-refractivity contribution in [2.24, 2.45) is 7.05 Å². The SMILES string of the molecule is C[C@H](CO)NCc1cn(C)nc1-c1cccnc1. The van der Waals surface area contributed by atoms with Crippen LogP contribution in [0.5, 0.6) is 0 Å². The Morgan fingerprint density at radius 3 is 3.00 bits per heavy atom. The van der Waals surface area contributed by atoms with Gasteiger partial charge in [0.1, 0.15) is 0 Å². The molecule has 2 N–H and O–H groups in total. The Balaban J connectivity index is 2.21. The molecule has 96 valence electrons. The summed E-state index contributed by atoms with van der Waals surface area (Å²) >= 11 is 0. The molecule has 0 fully saturated rings. The molecule has 0 aliphatic heterocycles. The summed E-state index contributed by atoms with van der Waals surface area (Å²) in [5.41, 5.74) is 3.04. The molecule has 0 saturated heterocycles. The molecule has 0 amide bonds. The van der Waals surface area contributed by atoms with E-state index in [2.05, 4.69) is 15.4 Å². The molecule has 0 bridgehead atoms. The number of pyridine rings is 1. The number of aryl methyl sites for hydroxylation is 1. The molecular weight excluding hydrogens is 228 g/mol. The summed E-state index contributed by atoms with van der Waals surface area (Å²) in [5, 5.41) is 16.7. The van der Waals surface area contributed by atoms with Crippen LogP contribution in [0.25, 0.3) is 11.3 Å². The summed E-state index contributed by atoms with van der Waals surface area (Å²) in [4.78, 5) is 4.11. The van der Waals surface area contributed by atoms with E-state index in [0.29, 0.717) is 6.54 Å². The highest BCUT2D eigenvalue weighted by Crippen LogP contribution is 2.20. The largest absolute Gasteiger partial charge is 0.395 e. The molecule has 0 aromatic carbocycles. The summed E-state index contributed by atoms with van der Waals surface area (Å²) in [6, 6.07) is 3.97. The maximum atomic E-state index is 9.01. The van der Waals surface area contributed by atoms with E-state index < -0.39 is 0 Å². The van der Waals surface area contributed by atoms with Gasteiger partial charge in [0.05, 0.1) is 12.3 Å². The van der Waals surface area contributed by atoms with Gasteiger partial charge < -0.3 is 10.4 Å². The van der Waals surface area contributed by atoms with Crippen molar-refractivity contribution >= 4 is 0 Å². The summed E-state index contributed by atoms with van der Waals surface area (Å²) in [7, 11) is 1.90. The van der Waals surface area contributed by atoms with Crippen LogP contribution in [0.1, 0.15) is 12.5 Å². The standard InChI is InChI=1S/C13H18N4O/c1-10(9-18)15-7-12-8-17(2)16-13(12)11-4-3-5-14-6-11/h3-6,8,10,15,18H,7,9H2,1-2H3/t10-/m1/s1. The minimum Gasteiger partial charge on any atom is -0.395 e. The highest BCUT2D eigenvalue weighted by Gasteiger charge is 2.10. The van der Waals surface area contributed by atoms with Gasteiger partial charge >= 0.3 is 0 Å². The van der Waals surface area contributed by atoms with Crippen molar-refractivity contribution in [1.29, 1.82) is 0 Å². The lowest BCUT2D eigenvalue weighted by Gasteiger charge is -2.10. The number of rotatable bonds is 5. The minimum absolute atomic E-state index is 0.0759. The first-order valence-corrected chi connectivity index (χ1v) is 5.98. The number of hydrogen-bond acceptors (Lipinski definition) is 4. The molecule has 2 aromatic rings. The van der Waals surface area contributed by atoms with Gasteiger partial charge in [-0.15, -0.1) is 0 Å². The lowest BCUT2D eigenvalue weighted by molar-refractivity contribution is 0.251. The van der Waals surface area contributed by atoms with Crippen molar-refractivity contribution in [2.45, 2.75) is 19.5 Å². The van der Waals surface area contributed by atoms with E-state index >= 15 is 0 Å². The van der Waals surface area contributed by atoms with E-state index in [4.69, 9.17) is 5.11 Å². The molecule has 1 atom stereocenters. The molecule has 0 saturated carbocycles. The number of aliphatic hydroxyl groups is 1. The first-order chi connectivity index (χ1) is 8.70. The first kappa shape index (κ1) is 12.7. The predicted molar refractivity (Wildman–Crippen MR) is 69.8 cm³/mol. The molecule has 2 heterocycles. The maximum Gasteiger partial charge on any atom is 0.0983 e. The summed E-state index contributed by atoms with van der Waals surface area (Å²) in [6.07, 6.45) is 5.54. The fourth-order valence-corrected chi connectivity index (χ4v) is 1.76. The Labute approximate surface area is 106 Å². The third-order valence-corrected chi connectivity index (χ3v) is 2.75. The van der Waals surface area contributed by atoms with Crippen LogP contribution in [-0.2, 0) is 13.6 Å². The summed E-state index contributed by atoms with van der Waals surface area (Å²) in [5.74, 6) is 0. The number of aromatic nitrogens is 3. The zero-order valence-electron chi connectivity index (χ0n) is 10.7. The first-order valence-electron chi connectivity index (χ1n) is 5.98. The topological polar surface area (TPSA) is 63.0 Å². The molecule has 5 heteroatoms. The van der Waals surface area contributed by atoms with Gasteiger partial charge in [-0.1, -0.05) is 0 Å². The fourth-order valence-electron chi connectivity index (χ4n) is 1.76. The van der Waals surface area contributed by atoms with Gasteiger partial charge in [0, 0.05) is 49.4 Å². The van der Waals surface area contributed by atoms with Gasteiger partial charge in [-0.05, 0) is 19.1 Å². The molecule has 0 aliphatic carbocycles. The Bertz CT molecular complexity index is 495. The van der Waals surface area contributed by atoms with Crippen LogP contribution in [0.3, 0.4) is 0 Å². The Morgan fingerprint density at radius 2 is 2.33 bits per heavy atom. The predicted octanol–water partition coefficient (Wildman–Crippen LogP) is 0.952. The Kier molecular flexibility index (Phi) is 4.07. The number of hydrogen-bond donors (Lipinski definition) is 2. The average Bonchev–Trinajstić information content (AvgIpc) is 2.78. The van der Waals surface area contributed by atoms with Crippen molar-refractivity contribution in [3.8, 4) is 11.3 Å². The van der Waals surface area contributed by atoms with Gasteiger partial charge in [0.15, 0.2) is 0 Å². The second-order valence-electron chi connectivity index (χ2n) is 4.38. The van der Waals surface area contributed by atoms with E-state index in [0.717, 1.165) is 16.8 Å². The summed E-state index contributed by atoms with van der Waals surface area (Å²) < 4.78 is 1.79. The molecule has 5 nitrogen and oxygen atoms in total. The highest BCUT2D eigenvalue weighted by atomic mass is 16.3. The fraction of sp³-hybridized carbons (Fsp3) is 0.385. The van der Waals surface area contributed by atoms with Crippen molar-refractivity contribution < 1.29 is 5.11 Å². The summed E-state index contributed by atoms with van der Waals surface area (Å²) in [6.45, 7) is 2.75. The van der Waals surface area contributed by atoms with Gasteiger partial charge in [-0.2, -0.15) is 5.10 Å². The second kappa shape index (κ2) is 5.75. The van der Waals surface area contributed by atoms with E-state index in [1.165, 1.54) is 0 Å². The number of aliphatic hydroxyl groups excluding tert-OH is 1. The molecular formula is C13H18N4O. The third kappa shape index (κ3) is 2.94. The van der Waals surface area contributed by atoms with Crippen molar-refractivity contribution in [3.63, 3.8) is 0 Å². The highest BCUT2D eigenvalue weighted by molar-refractivity contribution is 5.61. The molecule has 2 rings (SSSR count). The number of nitrogens with zero attached hydrogens (tertiary/aromatic N) is 3. The van der Waals surface area contributed by atoms with Crippen LogP contribution in [0.4, 0.5) is 0 Å². The lowest BCUT2D eigenvalue weighted by atomic mass is 10.1.